The first-order chi connectivity index (χ1) is 29.6. The normalized spacial score (nSPS) is 40.4. The summed E-state index contributed by atoms with van der Waals surface area (Å²) in [5.74, 6) is 3.35. The van der Waals surface area contributed by atoms with E-state index in [9.17, 15) is 28.8 Å². The molecule has 12 saturated carbocycles. The summed E-state index contributed by atoms with van der Waals surface area (Å²) in [5, 5.41) is 0. The van der Waals surface area contributed by atoms with Gasteiger partial charge in [0, 0.05) is 29.6 Å². The molecule has 12 nitrogen and oxygen atoms in total. The molecule has 66 heavy (non-hydrogen) atoms. The highest BCUT2D eigenvalue weighted by atomic mass is 16.7. The lowest BCUT2D eigenvalue weighted by Gasteiger charge is -2.55. The molecule has 12 heteroatoms. The molecule has 0 aliphatic heterocycles. The molecular weight excluding hydrogens is 841 g/mol. The minimum Gasteiger partial charge on any atom is -0.462 e. The van der Waals surface area contributed by atoms with Gasteiger partial charge in [0.05, 0.1) is 41.3 Å². The van der Waals surface area contributed by atoms with Crippen LogP contribution >= 0.6 is 0 Å². The topological polar surface area (TPSA) is 158 Å². The van der Waals surface area contributed by atoms with E-state index >= 15 is 0 Å². The van der Waals surface area contributed by atoms with Crippen LogP contribution in [0.25, 0.3) is 0 Å². The number of rotatable bonds is 15. The third kappa shape index (κ3) is 10.4. The second-order valence-corrected chi connectivity index (χ2v) is 22.8. The number of fused-ring (bicyclic) bond motifs is 4. The van der Waals surface area contributed by atoms with Gasteiger partial charge in [-0.2, -0.15) is 0 Å². The van der Waals surface area contributed by atoms with Crippen molar-refractivity contribution in [3.8, 4) is 0 Å². The summed E-state index contributed by atoms with van der Waals surface area (Å²) < 4.78 is 34.4. The molecule has 376 valence electrons. The lowest BCUT2D eigenvalue weighted by molar-refractivity contribution is -0.193. The zero-order valence-corrected chi connectivity index (χ0v) is 37.9. The van der Waals surface area contributed by atoms with Gasteiger partial charge in [-0.3, -0.25) is 28.8 Å². The zero-order chi connectivity index (χ0) is 43.7. The highest BCUT2D eigenvalue weighted by molar-refractivity contribution is 5.89. The summed E-state index contributed by atoms with van der Waals surface area (Å²) >= 11 is 0. The summed E-state index contributed by atoms with van der Waals surface area (Å²) in [6, 6.07) is 0. The molecule has 0 spiro atoms. The van der Waals surface area contributed by atoms with Gasteiger partial charge < -0.3 is 28.4 Å². The average Bonchev–Trinajstić information content (AvgIpc) is 4.06. The van der Waals surface area contributed by atoms with Crippen LogP contribution in [0.1, 0.15) is 173 Å². The van der Waals surface area contributed by atoms with Gasteiger partial charge in [-0.05, 0) is 159 Å². The van der Waals surface area contributed by atoms with Crippen LogP contribution in [0.4, 0.5) is 0 Å². The Morgan fingerprint density at radius 1 is 0.652 bits per heavy atom. The van der Waals surface area contributed by atoms with Crippen LogP contribution in [-0.2, 0) is 57.2 Å². The molecule has 0 aromatic heterocycles. The number of hydrogen-bond acceptors (Lipinski definition) is 12. The van der Waals surface area contributed by atoms with Gasteiger partial charge in [0.2, 0.25) is 0 Å². The summed E-state index contributed by atoms with van der Waals surface area (Å²) in [6.07, 6.45) is 15.7. The van der Waals surface area contributed by atoms with Crippen LogP contribution in [0, 0.1) is 93.7 Å². The second-order valence-electron chi connectivity index (χ2n) is 22.8. The van der Waals surface area contributed by atoms with Crippen LogP contribution in [0.15, 0.2) is 0 Å². The van der Waals surface area contributed by atoms with Gasteiger partial charge in [-0.1, -0.05) is 50.5 Å². The first-order valence-electron chi connectivity index (χ1n) is 24.7. The third-order valence-corrected chi connectivity index (χ3v) is 18.4. The van der Waals surface area contributed by atoms with Crippen LogP contribution in [-0.4, -0.2) is 73.9 Å². The van der Waals surface area contributed by atoms with Crippen molar-refractivity contribution in [3.63, 3.8) is 0 Å². The van der Waals surface area contributed by atoms with Gasteiger partial charge in [0.1, 0.15) is 23.8 Å². The van der Waals surface area contributed by atoms with E-state index in [-0.39, 0.29) is 138 Å². The molecular formula is C54H88O12. The lowest BCUT2D eigenvalue weighted by Crippen LogP contribution is -2.55. The zero-order valence-electron chi connectivity index (χ0n) is 37.9. The van der Waals surface area contributed by atoms with Crippen molar-refractivity contribution >= 4 is 35.4 Å². The van der Waals surface area contributed by atoms with Crippen LogP contribution in [0.2, 0.25) is 0 Å². The molecule has 12 bridgehead atoms. The van der Waals surface area contributed by atoms with Gasteiger partial charge in [-0.15, -0.1) is 0 Å². The Morgan fingerprint density at radius 3 is 1.79 bits per heavy atom. The first kappa shape index (κ1) is 54.1. The summed E-state index contributed by atoms with van der Waals surface area (Å²) in [4.78, 5) is 75.7. The number of ketones is 2. The van der Waals surface area contributed by atoms with Crippen LogP contribution < -0.4 is 0 Å². The van der Waals surface area contributed by atoms with E-state index < -0.39 is 5.41 Å². The Bertz CT molecular complexity index is 1740. The molecule has 0 aromatic rings. The Labute approximate surface area is 397 Å². The van der Waals surface area contributed by atoms with E-state index in [0.29, 0.717) is 53.7 Å². The Morgan fingerprint density at radius 2 is 1.21 bits per heavy atom. The molecule has 16 unspecified atom stereocenters. The molecule has 12 aliphatic rings. The third-order valence-electron chi connectivity index (χ3n) is 18.4. The summed E-state index contributed by atoms with van der Waals surface area (Å²) in [5.41, 5.74) is -0.834. The van der Waals surface area contributed by atoms with E-state index in [0.717, 1.165) is 103 Å². The number of esters is 4. The van der Waals surface area contributed by atoms with Crippen LogP contribution in [0.3, 0.4) is 0 Å². The molecule has 0 radical (unpaired) electrons. The SMILES string of the molecule is C.C.C.C.CCC(C)(C)C(=O)OC1CC2CC(C(=O)OCOCC34CC5CC(CC(C5)C3=O)C4)C1C2.CCC(C)C(=O)OC1CC2CC(C(=O)OCOC3C4CC5CC(C4)C(=O)C3C5)C1C2. The van der Waals surface area contributed by atoms with E-state index in [1.807, 2.05) is 34.6 Å². The van der Waals surface area contributed by atoms with Gasteiger partial charge in [-0.25, -0.2) is 0 Å². The minimum atomic E-state index is -0.500. The maximum atomic E-state index is 12.9. The maximum absolute atomic E-state index is 12.9. The predicted octanol–water partition coefficient (Wildman–Crippen LogP) is 10.3. The van der Waals surface area contributed by atoms with Gasteiger partial charge in [0.25, 0.3) is 0 Å². The molecule has 12 fully saturated rings. The molecule has 0 aromatic carbocycles. The van der Waals surface area contributed by atoms with E-state index in [2.05, 4.69) is 0 Å². The number of carbonyl (C=O) groups is 6. The van der Waals surface area contributed by atoms with Crippen molar-refractivity contribution in [2.75, 3.05) is 20.2 Å². The fraction of sp³-hybridized carbons (Fsp3) is 0.889. The fourth-order valence-corrected chi connectivity index (χ4v) is 14.9. The molecule has 0 amide bonds. The average molecular weight is 929 g/mol. The minimum absolute atomic E-state index is 0. The van der Waals surface area contributed by atoms with Crippen LogP contribution in [0.5, 0.6) is 0 Å². The summed E-state index contributed by atoms with van der Waals surface area (Å²) in [7, 11) is 0. The Hall–Kier alpha value is -2.86. The van der Waals surface area contributed by atoms with E-state index in [1.54, 1.807) is 0 Å². The number of ether oxygens (including phenoxy) is 6. The highest BCUT2D eigenvalue weighted by Crippen LogP contribution is 2.59. The standard InChI is InChI=1S/C26H38O6.C24H34O6.4CH4/c1-4-25(2,3)24(29)32-21-10-15-8-19(21)20(9-15)23(28)31-14-30-13-26-11-16-5-17(12-26)7-18(6-16)22(26)27;1-3-12(2)23(26)30-20-9-14-6-17(20)18(7-14)24(27)29-11-28-22-16-5-13-4-15(10-16)21(25)19(22)8-13;;;;/h15-21H,4-14H2,1-3H3;12-20,22H,3-11H2,1-2H3;4*1H4. The first-order valence-corrected chi connectivity index (χ1v) is 24.7. The lowest BCUT2D eigenvalue weighted by atomic mass is 9.49. The van der Waals surface area contributed by atoms with Crippen molar-refractivity contribution in [2.24, 2.45) is 93.7 Å². The fourth-order valence-electron chi connectivity index (χ4n) is 14.9. The monoisotopic (exact) mass is 929 g/mol. The molecule has 16 atom stereocenters. The van der Waals surface area contributed by atoms with Crippen molar-refractivity contribution < 1.29 is 57.2 Å². The molecule has 12 aliphatic carbocycles. The quantitative estimate of drug-likeness (QED) is 0.0663. The second kappa shape index (κ2) is 21.4. The molecule has 12 rings (SSSR count). The van der Waals surface area contributed by atoms with E-state index in [4.69, 9.17) is 28.4 Å². The van der Waals surface area contributed by atoms with Crippen molar-refractivity contribution in [3.05, 3.63) is 0 Å². The largest absolute Gasteiger partial charge is 0.462 e. The predicted molar refractivity (Wildman–Crippen MR) is 250 cm³/mol. The Kier molecular flexibility index (Phi) is 17.6. The molecule has 0 saturated heterocycles. The van der Waals surface area contributed by atoms with Crippen molar-refractivity contribution in [2.45, 2.75) is 192 Å². The maximum Gasteiger partial charge on any atom is 0.311 e. The molecule has 0 heterocycles. The van der Waals surface area contributed by atoms with E-state index in [1.165, 1.54) is 6.42 Å². The smallest absolute Gasteiger partial charge is 0.311 e. The summed E-state index contributed by atoms with van der Waals surface area (Å²) in [6.45, 7) is 9.88. The van der Waals surface area contributed by atoms with Gasteiger partial charge in [0.15, 0.2) is 13.6 Å². The number of Topliss-reactive ketones (excluding diaryl/α,β-unsaturated/α-hetero) is 2. The van der Waals surface area contributed by atoms with Gasteiger partial charge >= 0.3 is 23.9 Å². The van der Waals surface area contributed by atoms with Crippen molar-refractivity contribution in [1.29, 1.82) is 0 Å². The highest BCUT2D eigenvalue weighted by Gasteiger charge is 2.58. The number of hydrogen-bond donors (Lipinski definition) is 0. The Balaban J connectivity index is 0.000000234. The number of carbonyl (C=O) groups excluding carboxylic acids is 6. The van der Waals surface area contributed by atoms with Crippen molar-refractivity contribution in [1.82, 2.24) is 0 Å². The molecule has 0 N–H and O–H groups in total.